The minimum absolute atomic E-state index is 0.125. The van der Waals surface area contributed by atoms with Gasteiger partial charge in [-0.3, -0.25) is 14.8 Å². The zero-order valence-corrected chi connectivity index (χ0v) is 20.4. The van der Waals surface area contributed by atoms with Gasteiger partial charge in [0.15, 0.2) is 11.6 Å². The minimum atomic E-state index is -0.529. The number of rotatable bonds is 7. The number of fused-ring (bicyclic) bond motifs is 2. The fraction of sp³-hybridized carbons (Fsp3) is 0.520. The summed E-state index contributed by atoms with van der Waals surface area (Å²) >= 11 is 0. The van der Waals surface area contributed by atoms with Crippen LogP contribution < -0.4 is 10.6 Å². The van der Waals surface area contributed by atoms with E-state index in [4.69, 9.17) is 0 Å². The van der Waals surface area contributed by atoms with Crippen LogP contribution in [0.25, 0.3) is 11.0 Å². The number of hydrogen-bond acceptors (Lipinski definition) is 8. The molecule has 0 unspecified atom stereocenters. The first kappa shape index (κ1) is 23.5. The van der Waals surface area contributed by atoms with Crippen molar-refractivity contribution in [3.05, 3.63) is 41.2 Å². The number of aliphatic hydroxyl groups excluding tert-OH is 1. The maximum absolute atomic E-state index is 11.6. The Bertz CT molecular complexity index is 1190. The number of carbonyl (C=O) groups is 1. The van der Waals surface area contributed by atoms with Crippen LogP contribution in [0.1, 0.15) is 36.7 Å². The average Bonchev–Trinajstić information content (AvgIpc) is 3.26. The summed E-state index contributed by atoms with van der Waals surface area (Å²) < 4.78 is 0. The Morgan fingerprint density at radius 2 is 1.94 bits per heavy atom. The highest BCUT2D eigenvalue weighted by molar-refractivity contribution is 5.93. The summed E-state index contributed by atoms with van der Waals surface area (Å²) in [7, 11) is 0. The summed E-state index contributed by atoms with van der Waals surface area (Å²) in [5.74, 6) is 2.11. The summed E-state index contributed by atoms with van der Waals surface area (Å²) in [4.78, 5) is 25.0. The molecule has 0 spiro atoms. The number of amides is 1. The van der Waals surface area contributed by atoms with Crippen LogP contribution >= 0.6 is 0 Å². The molecule has 2 aliphatic rings. The van der Waals surface area contributed by atoms with Crippen LogP contribution in [-0.2, 0) is 17.8 Å². The molecule has 186 valence electrons. The lowest BCUT2D eigenvalue weighted by molar-refractivity contribution is -0.129. The summed E-state index contributed by atoms with van der Waals surface area (Å²) in [6.07, 6.45) is 2.23. The molecule has 1 aromatic carbocycles. The Labute approximate surface area is 205 Å². The van der Waals surface area contributed by atoms with Crippen LogP contribution in [-0.4, -0.2) is 85.8 Å². The molecule has 35 heavy (non-hydrogen) atoms. The molecule has 0 saturated carbocycles. The molecule has 0 radical (unpaired) electrons. The highest BCUT2D eigenvalue weighted by atomic mass is 16.3. The first-order valence-corrected chi connectivity index (χ1v) is 12.4. The molecule has 0 bridgehead atoms. The van der Waals surface area contributed by atoms with Crippen LogP contribution in [0.5, 0.6) is 0 Å². The topological polar surface area (TPSA) is 122 Å². The number of aryl methyl sites for hydroxylation is 1. The van der Waals surface area contributed by atoms with E-state index in [1.807, 2.05) is 11.8 Å². The van der Waals surface area contributed by atoms with E-state index in [0.717, 1.165) is 56.8 Å². The quantitative estimate of drug-likeness (QED) is 0.406. The SMILES string of the molecule is CC(=O)N1CCC(Nc2nc(C)nc3c(NC[C@H](O)CN4CCc5ccccc5C4)n[nH]c23)CC1. The summed E-state index contributed by atoms with van der Waals surface area (Å²) in [5.41, 5.74) is 4.20. The molecule has 2 aromatic heterocycles. The number of aromatic amines is 1. The number of nitrogens with one attached hydrogen (secondary N) is 3. The van der Waals surface area contributed by atoms with Crippen molar-refractivity contribution < 1.29 is 9.90 Å². The van der Waals surface area contributed by atoms with E-state index in [-0.39, 0.29) is 11.9 Å². The van der Waals surface area contributed by atoms with Crippen LogP contribution in [0, 0.1) is 6.92 Å². The summed E-state index contributed by atoms with van der Waals surface area (Å²) in [6, 6.07) is 8.76. The van der Waals surface area contributed by atoms with E-state index in [0.29, 0.717) is 30.2 Å². The van der Waals surface area contributed by atoms with Gasteiger partial charge in [0.1, 0.15) is 16.9 Å². The highest BCUT2D eigenvalue weighted by Crippen LogP contribution is 2.26. The molecule has 1 amide bonds. The predicted molar refractivity (Wildman–Crippen MR) is 135 cm³/mol. The second-order valence-electron chi connectivity index (χ2n) is 9.63. The second-order valence-corrected chi connectivity index (χ2v) is 9.63. The van der Waals surface area contributed by atoms with Crippen molar-refractivity contribution in [3.63, 3.8) is 0 Å². The third-order valence-corrected chi connectivity index (χ3v) is 6.99. The van der Waals surface area contributed by atoms with Gasteiger partial charge in [0.05, 0.1) is 6.10 Å². The fourth-order valence-electron chi connectivity index (χ4n) is 5.06. The maximum Gasteiger partial charge on any atom is 0.219 e. The van der Waals surface area contributed by atoms with Crippen molar-refractivity contribution in [2.24, 2.45) is 0 Å². The number of aliphatic hydroxyl groups is 1. The van der Waals surface area contributed by atoms with E-state index in [1.54, 1.807) is 6.92 Å². The number of nitrogens with zero attached hydrogens (tertiary/aromatic N) is 5. The summed E-state index contributed by atoms with van der Waals surface area (Å²) in [5, 5.41) is 25.0. The van der Waals surface area contributed by atoms with Gasteiger partial charge in [-0.2, -0.15) is 5.10 Å². The van der Waals surface area contributed by atoms with Gasteiger partial charge >= 0.3 is 0 Å². The molecular formula is C25H34N8O2. The minimum Gasteiger partial charge on any atom is -0.390 e. The van der Waals surface area contributed by atoms with E-state index >= 15 is 0 Å². The van der Waals surface area contributed by atoms with Gasteiger partial charge in [0.2, 0.25) is 5.91 Å². The van der Waals surface area contributed by atoms with Crippen molar-refractivity contribution in [3.8, 4) is 0 Å². The number of H-pyrrole nitrogens is 1. The third-order valence-electron chi connectivity index (χ3n) is 6.99. The molecule has 2 aliphatic heterocycles. The Kier molecular flexibility index (Phi) is 6.83. The van der Waals surface area contributed by atoms with Crippen molar-refractivity contribution in [1.29, 1.82) is 0 Å². The van der Waals surface area contributed by atoms with Gasteiger partial charge in [-0.05, 0) is 37.3 Å². The van der Waals surface area contributed by atoms with Gasteiger partial charge in [-0.25, -0.2) is 9.97 Å². The van der Waals surface area contributed by atoms with E-state index in [9.17, 15) is 9.90 Å². The molecule has 10 nitrogen and oxygen atoms in total. The second kappa shape index (κ2) is 10.2. The normalized spacial score (nSPS) is 17.9. The maximum atomic E-state index is 11.6. The van der Waals surface area contributed by atoms with Crippen molar-refractivity contribution in [2.45, 2.75) is 51.8 Å². The lowest BCUT2D eigenvalue weighted by atomic mass is 10.00. The molecule has 0 aliphatic carbocycles. The average molecular weight is 479 g/mol. The highest BCUT2D eigenvalue weighted by Gasteiger charge is 2.23. The van der Waals surface area contributed by atoms with Gasteiger partial charge in [0, 0.05) is 52.2 Å². The molecule has 4 heterocycles. The predicted octanol–water partition coefficient (Wildman–Crippen LogP) is 1.92. The zero-order valence-electron chi connectivity index (χ0n) is 20.4. The van der Waals surface area contributed by atoms with Gasteiger partial charge in [0.25, 0.3) is 0 Å². The molecule has 4 N–H and O–H groups in total. The molecule has 1 atom stereocenters. The Balaban J connectivity index is 1.20. The number of β-amino-alcohol motifs (C(OH)–C–C–N with tert-alkyl or cyclic N) is 1. The smallest absolute Gasteiger partial charge is 0.219 e. The fourth-order valence-corrected chi connectivity index (χ4v) is 5.06. The molecule has 10 heteroatoms. The number of piperidine rings is 1. The van der Waals surface area contributed by atoms with Gasteiger partial charge < -0.3 is 20.6 Å². The Morgan fingerprint density at radius 1 is 1.17 bits per heavy atom. The monoisotopic (exact) mass is 478 g/mol. The van der Waals surface area contributed by atoms with Crippen LogP contribution in [0.4, 0.5) is 11.6 Å². The van der Waals surface area contributed by atoms with Crippen LogP contribution in [0.2, 0.25) is 0 Å². The number of aromatic nitrogens is 4. The number of carbonyl (C=O) groups excluding carboxylic acids is 1. The molecule has 1 fully saturated rings. The lowest BCUT2D eigenvalue weighted by Crippen LogP contribution is -2.41. The van der Waals surface area contributed by atoms with Crippen molar-refractivity contribution in [2.75, 3.05) is 43.4 Å². The number of likely N-dealkylation sites (tertiary alicyclic amines) is 1. The zero-order chi connectivity index (χ0) is 24.4. The van der Waals surface area contributed by atoms with E-state index in [2.05, 4.69) is 60.0 Å². The summed E-state index contributed by atoms with van der Waals surface area (Å²) in [6.45, 7) is 7.77. The molecule has 3 aromatic rings. The lowest BCUT2D eigenvalue weighted by Gasteiger charge is -2.32. The van der Waals surface area contributed by atoms with Crippen LogP contribution in [0.3, 0.4) is 0 Å². The van der Waals surface area contributed by atoms with Gasteiger partial charge in [-0.1, -0.05) is 24.3 Å². The van der Waals surface area contributed by atoms with Gasteiger partial charge in [-0.15, -0.1) is 0 Å². The van der Waals surface area contributed by atoms with Crippen molar-refractivity contribution in [1.82, 2.24) is 30.0 Å². The first-order chi connectivity index (χ1) is 17.0. The number of anilines is 2. The molecule has 1 saturated heterocycles. The molecular weight excluding hydrogens is 444 g/mol. The van der Waals surface area contributed by atoms with E-state index in [1.165, 1.54) is 11.1 Å². The number of hydrogen-bond donors (Lipinski definition) is 4. The van der Waals surface area contributed by atoms with E-state index < -0.39 is 6.10 Å². The standard InChI is InChI=1S/C25H34N8O2/c1-16-27-22-23(25(28-16)29-20-8-11-33(12-9-20)17(2)34)30-31-24(22)26-13-21(35)15-32-10-7-18-5-3-4-6-19(18)14-32/h3-6,20-21,35H,7-15H2,1-2H3,(H2,26,30,31)(H,27,28,29)/t21-/m0/s1. The first-order valence-electron chi connectivity index (χ1n) is 12.4. The Morgan fingerprint density at radius 3 is 2.71 bits per heavy atom. The number of benzene rings is 1. The van der Waals surface area contributed by atoms with Crippen LogP contribution in [0.15, 0.2) is 24.3 Å². The Hall–Kier alpha value is -3.24. The molecule has 5 rings (SSSR count). The largest absolute Gasteiger partial charge is 0.390 e. The van der Waals surface area contributed by atoms with Crippen molar-refractivity contribution >= 4 is 28.6 Å². The third kappa shape index (κ3) is 5.38.